The summed E-state index contributed by atoms with van der Waals surface area (Å²) in [7, 11) is 1.59. The molecule has 5 nitrogen and oxygen atoms in total. The number of aliphatic carboxylic acids is 1. The summed E-state index contributed by atoms with van der Waals surface area (Å²) in [4.78, 5) is 25.0. The minimum atomic E-state index is -1.14. The van der Waals surface area contributed by atoms with E-state index in [9.17, 15) is 19.1 Å². The van der Waals surface area contributed by atoms with Crippen LogP contribution in [-0.4, -0.2) is 34.6 Å². The van der Waals surface area contributed by atoms with Crippen LogP contribution in [0.2, 0.25) is 0 Å². The van der Waals surface area contributed by atoms with Crippen LogP contribution >= 0.6 is 0 Å². The number of amides is 2. The fourth-order valence-electron chi connectivity index (χ4n) is 2.61. The molecule has 1 saturated carbocycles. The molecule has 0 bridgehead atoms. The number of carbonyl (C=O) groups is 2. The predicted octanol–water partition coefficient (Wildman–Crippen LogP) is 2.36. The first kappa shape index (κ1) is 15.3. The van der Waals surface area contributed by atoms with Gasteiger partial charge in [-0.15, -0.1) is 0 Å². The fraction of sp³-hybridized carbons (Fsp3) is 0.467. The Morgan fingerprint density at radius 1 is 1.29 bits per heavy atom. The topological polar surface area (TPSA) is 69.6 Å². The molecule has 1 aromatic rings. The molecule has 114 valence electrons. The van der Waals surface area contributed by atoms with Gasteiger partial charge in [0.05, 0.1) is 0 Å². The summed E-state index contributed by atoms with van der Waals surface area (Å²) in [6, 6.07) is 5.43. The van der Waals surface area contributed by atoms with Crippen molar-refractivity contribution in [3.05, 3.63) is 35.6 Å². The Hall–Kier alpha value is -2.11. The molecular formula is C15H19FN2O3. The molecule has 0 heterocycles. The Morgan fingerprint density at radius 3 is 2.38 bits per heavy atom. The molecular weight excluding hydrogens is 275 g/mol. The molecule has 2 N–H and O–H groups in total. The van der Waals surface area contributed by atoms with E-state index < -0.39 is 17.5 Å². The molecule has 0 unspecified atom stereocenters. The zero-order valence-corrected chi connectivity index (χ0v) is 11.9. The summed E-state index contributed by atoms with van der Waals surface area (Å²) in [6.45, 7) is 0.293. The fourth-order valence-corrected chi connectivity index (χ4v) is 2.61. The first-order valence-corrected chi connectivity index (χ1v) is 6.94. The number of carboxylic acid groups (broad SMARTS) is 1. The second-order valence-electron chi connectivity index (χ2n) is 5.51. The number of benzene rings is 1. The zero-order chi connectivity index (χ0) is 15.5. The van der Waals surface area contributed by atoms with Gasteiger partial charge in [0.2, 0.25) is 0 Å². The van der Waals surface area contributed by atoms with E-state index in [1.807, 2.05) is 0 Å². The lowest BCUT2D eigenvalue weighted by Gasteiger charge is -2.28. The van der Waals surface area contributed by atoms with Crippen LogP contribution in [0.5, 0.6) is 0 Å². The van der Waals surface area contributed by atoms with Crippen LogP contribution in [0.3, 0.4) is 0 Å². The molecule has 0 saturated heterocycles. The number of nitrogens with zero attached hydrogens (tertiary/aromatic N) is 1. The van der Waals surface area contributed by atoms with E-state index in [2.05, 4.69) is 5.32 Å². The zero-order valence-electron chi connectivity index (χ0n) is 11.9. The Morgan fingerprint density at radius 2 is 1.86 bits per heavy atom. The Labute approximate surface area is 122 Å². The highest BCUT2D eigenvalue weighted by molar-refractivity contribution is 5.86. The number of carboxylic acids is 1. The van der Waals surface area contributed by atoms with Gasteiger partial charge in [0.15, 0.2) is 0 Å². The average molecular weight is 294 g/mol. The summed E-state index contributed by atoms with van der Waals surface area (Å²) in [5.41, 5.74) is -0.362. The molecule has 21 heavy (non-hydrogen) atoms. The van der Waals surface area contributed by atoms with Gasteiger partial charge in [0.1, 0.15) is 11.4 Å². The largest absolute Gasteiger partial charge is 0.480 e. The lowest BCUT2D eigenvalue weighted by atomic mass is 9.98. The van der Waals surface area contributed by atoms with Crippen LogP contribution in [-0.2, 0) is 11.3 Å². The predicted molar refractivity (Wildman–Crippen MR) is 75.2 cm³/mol. The molecule has 0 atom stereocenters. The Balaban J connectivity index is 1.99. The van der Waals surface area contributed by atoms with Gasteiger partial charge >= 0.3 is 12.0 Å². The molecule has 1 fully saturated rings. The lowest BCUT2D eigenvalue weighted by Crippen LogP contribution is -2.55. The van der Waals surface area contributed by atoms with E-state index >= 15 is 0 Å². The van der Waals surface area contributed by atoms with E-state index in [4.69, 9.17) is 0 Å². The number of urea groups is 1. The summed E-state index contributed by atoms with van der Waals surface area (Å²) in [5, 5.41) is 12.0. The third-order valence-corrected chi connectivity index (χ3v) is 3.89. The maximum Gasteiger partial charge on any atom is 0.329 e. The molecule has 1 aliphatic carbocycles. The van der Waals surface area contributed by atoms with Gasteiger partial charge in [-0.1, -0.05) is 25.0 Å². The third-order valence-electron chi connectivity index (χ3n) is 3.89. The monoisotopic (exact) mass is 294 g/mol. The number of hydrogen-bond donors (Lipinski definition) is 2. The maximum absolute atomic E-state index is 12.8. The molecule has 0 spiro atoms. The van der Waals surface area contributed by atoms with Gasteiger partial charge in [-0.25, -0.2) is 14.0 Å². The van der Waals surface area contributed by atoms with Crippen LogP contribution in [0.25, 0.3) is 0 Å². The van der Waals surface area contributed by atoms with E-state index in [-0.39, 0.29) is 5.82 Å². The van der Waals surface area contributed by atoms with Crippen molar-refractivity contribution in [2.24, 2.45) is 0 Å². The second-order valence-corrected chi connectivity index (χ2v) is 5.51. The van der Waals surface area contributed by atoms with Crippen molar-refractivity contribution in [2.75, 3.05) is 7.05 Å². The van der Waals surface area contributed by atoms with Gasteiger partial charge in [-0.2, -0.15) is 0 Å². The number of hydrogen-bond acceptors (Lipinski definition) is 2. The van der Waals surface area contributed by atoms with Crippen LogP contribution in [0.15, 0.2) is 24.3 Å². The van der Waals surface area contributed by atoms with Gasteiger partial charge in [-0.05, 0) is 30.5 Å². The molecule has 6 heteroatoms. The summed E-state index contributed by atoms with van der Waals surface area (Å²) in [5.74, 6) is -1.31. The molecule has 0 radical (unpaired) electrons. The first-order valence-electron chi connectivity index (χ1n) is 6.94. The normalized spacial score (nSPS) is 16.5. The highest BCUT2D eigenvalue weighted by Crippen LogP contribution is 2.30. The Bertz CT molecular complexity index is 524. The van der Waals surface area contributed by atoms with Crippen molar-refractivity contribution < 1.29 is 19.1 Å². The lowest BCUT2D eigenvalue weighted by molar-refractivity contribution is -0.144. The second kappa shape index (κ2) is 6.11. The maximum atomic E-state index is 12.8. The first-order chi connectivity index (χ1) is 9.93. The molecule has 0 aliphatic heterocycles. The molecule has 1 aliphatic rings. The van der Waals surface area contributed by atoms with Crippen molar-refractivity contribution in [3.8, 4) is 0 Å². The highest BCUT2D eigenvalue weighted by atomic mass is 19.1. The molecule has 0 aromatic heterocycles. The SMILES string of the molecule is CN(Cc1ccc(F)cc1)C(=O)NC1(C(=O)O)CCCC1. The van der Waals surface area contributed by atoms with E-state index in [0.29, 0.717) is 19.4 Å². The minimum Gasteiger partial charge on any atom is -0.480 e. The van der Waals surface area contributed by atoms with Crippen molar-refractivity contribution in [1.82, 2.24) is 10.2 Å². The minimum absolute atomic E-state index is 0.293. The van der Waals surface area contributed by atoms with Crippen LogP contribution in [0.1, 0.15) is 31.2 Å². The molecule has 2 amide bonds. The van der Waals surface area contributed by atoms with E-state index in [0.717, 1.165) is 18.4 Å². The van der Waals surface area contributed by atoms with Crippen molar-refractivity contribution in [2.45, 2.75) is 37.8 Å². The smallest absolute Gasteiger partial charge is 0.329 e. The average Bonchev–Trinajstić information content (AvgIpc) is 2.91. The molecule has 1 aromatic carbocycles. The van der Waals surface area contributed by atoms with Gasteiger partial charge < -0.3 is 15.3 Å². The van der Waals surface area contributed by atoms with Crippen LogP contribution in [0, 0.1) is 5.82 Å². The van der Waals surface area contributed by atoms with E-state index in [1.54, 1.807) is 19.2 Å². The highest BCUT2D eigenvalue weighted by Gasteiger charge is 2.43. The number of halogens is 1. The number of rotatable bonds is 4. The Kier molecular flexibility index (Phi) is 4.45. The van der Waals surface area contributed by atoms with Gasteiger partial charge in [0.25, 0.3) is 0 Å². The van der Waals surface area contributed by atoms with Crippen molar-refractivity contribution >= 4 is 12.0 Å². The van der Waals surface area contributed by atoms with E-state index in [1.165, 1.54) is 17.0 Å². The number of carbonyl (C=O) groups excluding carboxylic acids is 1. The summed E-state index contributed by atoms with van der Waals surface area (Å²) < 4.78 is 12.8. The third kappa shape index (κ3) is 3.51. The standard InChI is InChI=1S/C15H19FN2O3/c1-18(10-11-4-6-12(16)7-5-11)14(21)17-15(13(19)20)8-2-3-9-15/h4-7H,2-3,8-10H2,1H3,(H,17,21)(H,19,20). The van der Waals surface area contributed by atoms with Crippen LogP contribution < -0.4 is 5.32 Å². The van der Waals surface area contributed by atoms with Crippen molar-refractivity contribution in [1.29, 1.82) is 0 Å². The van der Waals surface area contributed by atoms with Crippen molar-refractivity contribution in [3.63, 3.8) is 0 Å². The molecule has 2 rings (SSSR count). The summed E-state index contributed by atoms with van der Waals surface area (Å²) >= 11 is 0. The van der Waals surface area contributed by atoms with Gasteiger partial charge in [0, 0.05) is 13.6 Å². The number of nitrogens with one attached hydrogen (secondary N) is 1. The summed E-state index contributed by atoms with van der Waals surface area (Å²) in [6.07, 6.45) is 2.51. The van der Waals surface area contributed by atoms with Crippen LogP contribution in [0.4, 0.5) is 9.18 Å². The van der Waals surface area contributed by atoms with Gasteiger partial charge in [-0.3, -0.25) is 0 Å². The quantitative estimate of drug-likeness (QED) is 0.895.